The smallest absolute Gasteiger partial charge is 0.163 e. The van der Waals surface area contributed by atoms with Gasteiger partial charge in [0.2, 0.25) is 0 Å². The lowest BCUT2D eigenvalue weighted by molar-refractivity contribution is 0.0604. The van der Waals surface area contributed by atoms with E-state index in [-0.39, 0.29) is 0 Å². The van der Waals surface area contributed by atoms with Gasteiger partial charge in [0.15, 0.2) is 11.4 Å². The van der Waals surface area contributed by atoms with Crippen molar-refractivity contribution in [1.82, 2.24) is 15.1 Å². The summed E-state index contributed by atoms with van der Waals surface area (Å²) in [6.45, 7) is 4.75. The summed E-state index contributed by atoms with van der Waals surface area (Å²) in [5, 5.41) is 2.26. The van der Waals surface area contributed by atoms with E-state index in [1.807, 2.05) is 12.3 Å². The third-order valence-corrected chi connectivity index (χ3v) is 3.97. The van der Waals surface area contributed by atoms with Crippen molar-refractivity contribution < 1.29 is 0 Å². The lowest BCUT2D eigenvalue weighted by Gasteiger charge is -2.37. The first kappa shape index (κ1) is 14.6. The Hall–Kier alpha value is -2.36. The zero-order valence-electron chi connectivity index (χ0n) is 12.7. The SMILES string of the molecule is C=CCCCN1NC=C[N+]1(c1ccccc1)c1ccccc1. The minimum Gasteiger partial charge on any atom is -0.276 e. The minimum absolute atomic E-state index is 0.568. The van der Waals surface area contributed by atoms with Crippen molar-refractivity contribution in [1.29, 1.82) is 0 Å². The van der Waals surface area contributed by atoms with Crippen molar-refractivity contribution in [2.75, 3.05) is 6.54 Å². The number of unbranched alkanes of at least 4 members (excludes halogenated alkanes) is 1. The van der Waals surface area contributed by atoms with Crippen molar-refractivity contribution in [3.05, 3.63) is 85.7 Å². The minimum atomic E-state index is 0.568. The molecule has 0 saturated carbocycles. The lowest BCUT2D eigenvalue weighted by Crippen LogP contribution is -2.55. The van der Waals surface area contributed by atoms with Gasteiger partial charge in [0, 0.05) is 24.3 Å². The van der Waals surface area contributed by atoms with Crippen LogP contribution in [0.4, 0.5) is 11.4 Å². The molecule has 1 N–H and O–H groups in total. The van der Waals surface area contributed by atoms with Gasteiger partial charge >= 0.3 is 0 Å². The highest BCUT2D eigenvalue weighted by molar-refractivity contribution is 5.60. The van der Waals surface area contributed by atoms with E-state index < -0.39 is 0 Å². The van der Waals surface area contributed by atoms with Crippen LogP contribution in [0.5, 0.6) is 0 Å². The number of hydrogen-bond donors (Lipinski definition) is 1. The molecule has 3 heteroatoms. The molecule has 0 atom stereocenters. The first-order chi connectivity index (χ1) is 10.9. The van der Waals surface area contributed by atoms with Gasteiger partial charge in [-0.2, -0.15) is 0 Å². The van der Waals surface area contributed by atoms with Crippen LogP contribution in [0.15, 0.2) is 85.7 Å². The molecule has 2 aromatic carbocycles. The first-order valence-corrected chi connectivity index (χ1v) is 7.71. The number of allylic oxidation sites excluding steroid dienone is 1. The monoisotopic (exact) mass is 292 g/mol. The molecular weight excluding hydrogens is 270 g/mol. The van der Waals surface area contributed by atoms with Gasteiger partial charge in [-0.1, -0.05) is 42.5 Å². The van der Waals surface area contributed by atoms with Gasteiger partial charge in [0.25, 0.3) is 0 Å². The predicted molar refractivity (Wildman–Crippen MR) is 92.8 cm³/mol. The molecule has 3 nitrogen and oxygen atoms in total. The van der Waals surface area contributed by atoms with Crippen LogP contribution in [0, 0.1) is 0 Å². The first-order valence-electron chi connectivity index (χ1n) is 7.71. The summed E-state index contributed by atoms with van der Waals surface area (Å²) in [4.78, 5) is 0. The fourth-order valence-electron chi connectivity index (χ4n) is 2.92. The summed E-state index contributed by atoms with van der Waals surface area (Å²) in [5.74, 6) is 0. The average Bonchev–Trinajstić information content (AvgIpc) is 3.02. The Morgan fingerprint density at radius 3 is 2.09 bits per heavy atom. The van der Waals surface area contributed by atoms with E-state index in [0.29, 0.717) is 4.59 Å². The Kier molecular flexibility index (Phi) is 4.37. The number of nitrogens with one attached hydrogen (secondary N) is 1. The Morgan fingerprint density at radius 1 is 0.955 bits per heavy atom. The Balaban J connectivity index is 2.03. The van der Waals surface area contributed by atoms with Crippen LogP contribution in [0.25, 0.3) is 0 Å². The predicted octanol–water partition coefficient (Wildman–Crippen LogP) is 4.50. The fourth-order valence-corrected chi connectivity index (χ4v) is 2.92. The van der Waals surface area contributed by atoms with Crippen LogP contribution >= 0.6 is 0 Å². The van der Waals surface area contributed by atoms with Crippen LogP contribution in [0.1, 0.15) is 12.8 Å². The highest BCUT2D eigenvalue weighted by atomic mass is 15.9. The standard InChI is InChI=1S/C19H22N3/c1-2-3-10-16-21-20-15-17-22(21,18-11-6-4-7-12-18)19-13-8-5-9-14-19/h2,4-9,11-15,17,20H,1,3,10,16H2/q+1. The molecule has 1 heterocycles. The second kappa shape index (κ2) is 6.60. The summed E-state index contributed by atoms with van der Waals surface area (Å²) < 4.78 is 0.568. The van der Waals surface area contributed by atoms with E-state index in [0.717, 1.165) is 19.4 Å². The number of rotatable bonds is 6. The molecule has 2 aromatic rings. The summed E-state index contributed by atoms with van der Waals surface area (Å²) in [7, 11) is 0. The van der Waals surface area contributed by atoms with Gasteiger partial charge in [-0.25, -0.2) is 0 Å². The molecule has 1 aliphatic rings. The molecule has 0 spiro atoms. The van der Waals surface area contributed by atoms with Crippen molar-refractivity contribution in [2.45, 2.75) is 12.8 Å². The van der Waals surface area contributed by atoms with Crippen molar-refractivity contribution >= 4 is 11.4 Å². The van der Waals surface area contributed by atoms with Gasteiger partial charge in [-0.15, -0.1) is 11.2 Å². The number of benzene rings is 2. The van der Waals surface area contributed by atoms with Crippen molar-refractivity contribution in [2.24, 2.45) is 0 Å². The van der Waals surface area contributed by atoms with E-state index in [1.165, 1.54) is 11.4 Å². The molecule has 0 amide bonds. The number of hydrazine groups is 1. The molecule has 0 aliphatic carbocycles. The second-order valence-electron chi connectivity index (χ2n) is 5.36. The molecule has 0 unspecified atom stereocenters. The van der Waals surface area contributed by atoms with Gasteiger partial charge < -0.3 is 0 Å². The van der Waals surface area contributed by atoms with E-state index in [2.05, 4.69) is 84.0 Å². The summed E-state index contributed by atoms with van der Waals surface area (Å²) in [5.41, 5.74) is 5.83. The van der Waals surface area contributed by atoms with Crippen LogP contribution in [-0.4, -0.2) is 11.7 Å². The van der Waals surface area contributed by atoms with E-state index in [9.17, 15) is 0 Å². The van der Waals surface area contributed by atoms with Gasteiger partial charge in [-0.3, -0.25) is 5.43 Å². The van der Waals surface area contributed by atoms with Crippen molar-refractivity contribution in [3.63, 3.8) is 0 Å². The maximum Gasteiger partial charge on any atom is 0.163 e. The van der Waals surface area contributed by atoms with E-state index in [1.54, 1.807) is 0 Å². The van der Waals surface area contributed by atoms with Crippen LogP contribution in [-0.2, 0) is 0 Å². The average molecular weight is 292 g/mol. The Morgan fingerprint density at radius 2 is 1.55 bits per heavy atom. The van der Waals surface area contributed by atoms with Crippen molar-refractivity contribution in [3.8, 4) is 0 Å². The van der Waals surface area contributed by atoms with Gasteiger partial charge in [0.1, 0.15) is 6.20 Å². The Bertz CT molecular complexity index is 595. The molecule has 1 aliphatic heterocycles. The second-order valence-corrected chi connectivity index (χ2v) is 5.36. The van der Waals surface area contributed by atoms with Gasteiger partial charge in [0.05, 0.1) is 12.7 Å². The molecule has 0 aromatic heterocycles. The quantitative estimate of drug-likeness (QED) is 0.479. The molecule has 0 saturated heterocycles. The summed E-state index contributed by atoms with van der Waals surface area (Å²) in [6.07, 6.45) is 8.27. The molecule has 0 bridgehead atoms. The maximum absolute atomic E-state index is 3.82. The Labute approximate surface area is 132 Å². The molecule has 112 valence electrons. The van der Waals surface area contributed by atoms with Crippen LogP contribution in [0.2, 0.25) is 0 Å². The molecule has 22 heavy (non-hydrogen) atoms. The van der Waals surface area contributed by atoms with Crippen LogP contribution < -0.4 is 10.0 Å². The molecular formula is C19H22N3+. The third kappa shape index (κ3) is 2.56. The highest BCUT2D eigenvalue weighted by Gasteiger charge is 2.41. The summed E-state index contributed by atoms with van der Waals surface area (Å²) >= 11 is 0. The zero-order valence-corrected chi connectivity index (χ0v) is 12.7. The lowest BCUT2D eigenvalue weighted by atomic mass is 10.2. The zero-order chi connectivity index (χ0) is 15.3. The van der Waals surface area contributed by atoms with E-state index >= 15 is 0 Å². The number of quaternary nitrogens is 1. The number of hydrogen-bond acceptors (Lipinski definition) is 2. The largest absolute Gasteiger partial charge is 0.276 e. The molecule has 0 fully saturated rings. The third-order valence-electron chi connectivity index (χ3n) is 3.97. The van der Waals surface area contributed by atoms with Crippen LogP contribution in [0.3, 0.4) is 0 Å². The maximum atomic E-state index is 3.82. The fraction of sp³-hybridized carbons (Fsp3) is 0.158. The summed E-state index contributed by atoms with van der Waals surface area (Å²) in [6, 6.07) is 21.2. The van der Waals surface area contributed by atoms with Gasteiger partial charge in [-0.05, 0) is 18.0 Å². The number of para-hydroxylation sites is 2. The highest BCUT2D eigenvalue weighted by Crippen LogP contribution is 2.38. The van der Waals surface area contributed by atoms with E-state index in [4.69, 9.17) is 0 Å². The topological polar surface area (TPSA) is 15.3 Å². The normalized spacial score (nSPS) is 16.4. The number of nitrogens with zero attached hydrogens (tertiary/aromatic N) is 2. The molecule has 0 radical (unpaired) electrons. The molecule has 3 rings (SSSR count).